The van der Waals surface area contributed by atoms with E-state index in [9.17, 15) is 9.18 Å². The normalized spacial score (nSPS) is 15.7. The molecule has 1 aromatic heterocycles. The lowest BCUT2D eigenvalue weighted by molar-refractivity contribution is 0.103. The molecule has 6 nitrogen and oxygen atoms in total. The van der Waals surface area contributed by atoms with Crippen molar-refractivity contribution in [1.82, 2.24) is 14.9 Å². The molecule has 1 aliphatic rings. The molecule has 1 aromatic rings. The number of ether oxygens (including phenoxy) is 1. The molecule has 1 saturated heterocycles. The molecule has 0 saturated carbocycles. The molecule has 21 heavy (non-hydrogen) atoms. The molecule has 2 heterocycles. The van der Waals surface area contributed by atoms with E-state index in [4.69, 9.17) is 4.74 Å². The van der Waals surface area contributed by atoms with Gasteiger partial charge in [0, 0.05) is 26.2 Å². The fraction of sp³-hybridized carbons (Fsp3) is 0.643. The van der Waals surface area contributed by atoms with Crippen molar-refractivity contribution in [3.8, 4) is 0 Å². The zero-order valence-corrected chi connectivity index (χ0v) is 12.3. The number of carbonyl (C=O) groups excluding carboxylic acids is 1. The van der Waals surface area contributed by atoms with Gasteiger partial charge in [-0.25, -0.2) is 19.2 Å². The van der Waals surface area contributed by atoms with Gasteiger partial charge in [0.05, 0.1) is 19.0 Å². The summed E-state index contributed by atoms with van der Waals surface area (Å²) in [5.41, 5.74) is 0. The number of anilines is 1. The van der Waals surface area contributed by atoms with Crippen LogP contribution in [0.2, 0.25) is 0 Å². The van der Waals surface area contributed by atoms with E-state index in [0.717, 1.165) is 38.2 Å². The summed E-state index contributed by atoms with van der Waals surface area (Å²) < 4.78 is 18.1. The van der Waals surface area contributed by atoms with Gasteiger partial charge in [-0.15, -0.1) is 0 Å². The molecule has 0 spiro atoms. The molecule has 0 aliphatic carbocycles. The number of nitrogens with zero attached hydrogens (tertiary/aromatic N) is 4. The summed E-state index contributed by atoms with van der Waals surface area (Å²) in [5.74, 6) is 0.0484. The number of hydrogen-bond donors (Lipinski definition) is 0. The van der Waals surface area contributed by atoms with Crippen LogP contribution in [-0.2, 0) is 4.74 Å². The Morgan fingerprint density at radius 2 is 2.05 bits per heavy atom. The second-order valence-electron chi connectivity index (χ2n) is 5.00. The zero-order chi connectivity index (χ0) is 15.1. The lowest BCUT2D eigenvalue weighted by Crippen LogP contribution is -2.36. The van der Waals surface area contributed by atoms with E-state index in [0.29, 0.717) is 32.2 Å². The summed E-state index contributed by atoms with van der Waals surface area (Å²) in [7, 11) is 0. The minimum absolute atomic E-state index is 0.259. The lowest BCUT2D eigenvalue weighted by Gasteiger charge is -2.21. The van der Waals surface area contributed by atoms with Gasteiger partial charge in [-0.05, 0) is 12.8 Å². The number of aromatic nitrogens is 2. The van der Waals surface area contributed by atoms with Gasteiger partial charge >= 0.3 is 6.09 Å². The lowest BCUT2D eigenvalue weighted by atomic mass is 10.4. The number of carbonyl (C=O) groups is 1. The first-order valence-corrected chi connectivity index (χ1v) is 7.35. The Morgan fingerprint density at radius 1 is 1.29 bits per heavy atom. The van der Waals surface area contributed by atoms with Gasteiger partial charge in [-0.3, -0.25) is 0 Å². The minimum Gasteiger partial charge on any atom is -0.449 e. The molecule has 1 aliphatic heterocycles. The van der Waals surface area contributed by atoms with E-state index in [2.05, 4.69) is 16.9 Å². The molecule has 1 fully saturated rings. The minimum atomic E-state index is -0.449. The third kappa shape index (κ3) is 4.54. The topological polar surface area (TPSA) is 58.6 Å². The number of halogens is 1. The highest BCUT2D eigenvalue weighted by Gasteiger charge is 2.21. The Bertz CT molecular complexity index is 455. The second kappa shape index (κ2) is 7.75. The van der Waals surface area contributed by atoms with Crippen LogP contribution in [0.15, 0.2) is 12.4 Å². The zero-order valence-electron chi connectivity index (χ0n) is 12.3. The quantitative estimate of drug-likeness (QED) is 0.796. The molecule has 116 valence electrons. The van der Waals surface area contributed by atoms with E-state index < -0.39 is 5.82 Å². The summed E-state index contributed by atoms with van der Waals surface area (Å²) in [6.45, 7) is 5.10. The number of unbranched alkanes of at least 4 members (excludes halogenated alkanes) is 1. The van der Waals surface area contributed by atoms with Crippen LogP contribution in [0.3, 0.4) is 0 Å². The van der Waals surface area contributed by atoms with Gasteiger partial charge in [0.15, 0.2) is 5.82 Å². The van der Waals surface area contributed by atoms with Crippen LogP contribution in [0.1, 0.15) is 26.2 Å². The van der Waals surface area contributed by atoms with Gasteiger partial charge < -0.3 is 14.5 Å². The molecule has 0 aromatic carbocycles. The number of hydrogen-bond acceptors (Lipinski definition) is 5. The maximum absolute atomic E-state index is 12.8. The van der Waals surface area contributed by atoms with Gasteiger partial charge in [0.1, 0.15) is 0 Å². The van der Waals surface area contributed by atoms with Gasteiger partial charge in [-0.1, -0.05) is 13.3 Å². The predicted octanol–water partition coefficient (Wildman–Crippen LogP) is 2.06. The molecule has 0 unspecified atom stereocenters. The molecule has 0 N–H and O–H groups in total. The van der Waals surface area contributed by atoms with Crippen molar-refractivity contribution < 1.29 is 13.9 Å². The molecule has 1 amide bonds. The first kappa shape index (κ1) is 15.5. The highest BCUT2D eigenvalue weighted by atomic mass is 19.1. The van der Waals surface area contributed by atoms with Crippen LogP contribution >= 0.6 is 0 Å². The Balaban J connectivity index is 1.86. The molecular weight excluding hydrogens is 275 g/mol. The molecule has 7 heteroatoms. The summed E-state index contributed by atoms with van der Waals surface area (Å²) in [4.78, 5) is 23.5. The largest absolute Gasteiger partial charge is 0.449 e. The van der Waals surface area contributed by atoms with Crippen molar-refractivity contribution in [2.75, 3.05) is 37.7 Å². The smallest absolute Gasteiger partial charge is 0.409 e. The van der Waals surface area contributed by atoms with Crippen LogP contribution in [-0.4, -0.2) is 53.7 Å². The van der Waals surface area contributed by atoms with E-state index in [1.54, 1.807) is 4.90 Å². The third-order valence-corrected chi connectivity index (χ3v) is 3.37. The molecule has 2 rings (SSSR count). The first-order chi connectivity index (χ1) is 10.2. The van der Waals surface area contributed by atoms with Crippen LogP contribution in [0.4, 0.5) is 15.1 Å². The molecule has 0 bridgehead atoms. The van der Waals surface area contributed by atoms with Crippen molar-refractivity contribution in [3.05, 3.63) is 18.2 Å². The Morgan fingerprint density at radius 3 is 2.76 bits per heavy atom. The molecule has 0 radical (unpaired) electrons. The van der Waals surface area contributed by atoms with Crippen LogP contribution in [0, 0.1) is 5.82 Å². The first-order valence-electron chi connectivity index (χ1n) is 7.35. The summed E-state index contributed by atoms with van der Waals surface area (Å²) in [6.07, 6.45) is 4.75. The van der Waals surface area contributed by atoms with Crippen LogP contribution < -0.4 is 4.90 Å². The van der Waals surface area contributed by atoms with Crippen LogP contribution in [0.25, 0.3) is 0 Å². The maximum atomic E-state index is 12.8. The van der Waals surface area contributed by atoms with Gasteiger partial charge in [0.2, 0.25) is 5.95 Å². The van der Waals surface area contributed by atoms with E-state index >= 15 is 0 Å². The maximum Gasteiger partial charge on any atom is 0.409 e. The predicted molar refractivity (Wildman–Crippen MR) is 76.6 cm³/mol. The standard InChI is InChI=1S/C14H21FN4O2/c1-2-3-9-21-14(20)19-6-4-5-18(7-8-19)13-16-10-12(15)11-17-13/h10-11H,2-9H2,1H3. The van der Waals surface area contributed by atoms with Crippen molar-refractivity contribution in [2.45, 2.75) is 26.2 Å². The van der Waals surface area contributed by atoms with Crippen molar-refractivity contribution in [3.63, 3.8) is 0 Å². The highest BCUT2D eigenvalue weighted by Crippen LogP contribution is 2.11. The third-order valence-electron chi connectivity index (χ3n) is 3.37. The SMILES string of the molecule is CCCCOC(=O)N1CCCN(c2ncc(F)cn2)CC1. The number of amides is 1. The van der Waals surface area contributed by atoms with Crippen molar-refractivity contribution >= 4 is 12.0 Å². The average Bonchev–Trinajstić information content (AvgIpc) is 2.74. The average molecular weight is 296 g/mol. The van der Waals surface area contributed by atoms with Gasteiger partial charge in [0.25, 0.3) is 0 Å². The Kier molecular flexibility index (Phi) is 5.71. The fourth-order valence-corrected chi connectivity index (χ4v) is 2.16. The van der Waals surface area contributed by atoms with E-state index in [1.165, 1.54) is 0 Å². The summed E-state index contributed by atoms with van der Waals surface area (Å²) in [6, 6.07) is 0. The van der Waals surface area contributed by atoms with Crippen molar-refractivity contribution in [1.29, 1.82) is 0 Å². The molecule has 0 atom stereocenters. The van der Waals surface area contributed by atoms with E-state index in [1.807, 2.05) is 4.90 Å². The van der Waals surface area contributed by atoms with Crippen molar-refractivity contribution in [2.24, 2.45) is 0 Å². The van der Waals surface area contributed by atoms with E-state index in [-0.39, 0.29) is 6.09 Å². The number of rotatable bonds is 4. The summed E-state index contributed by atoms with van der Waals surface area (Å²) >= 11 is 0. The Labute approximate surface area is 123 Å². The molecular formula is C14H21FN4O2. The summed E-state index contributed by atoms with van der Waals surface area (Å²) in [5, 5.41) is 0. The highest BCUT2D eigenvalue weighted by molar-refractivity contribution is 5.67. The van der Waals surface area contributed by atoms with Gasteiger partial charge in [-0.2, -0.15) is 0 Å². The monoisotopic (exact) mass is 296 g/mol. The fourth-order valence-electron chi connectivity index (χ4n) is 2.16. The Hall–Kier alpha value is -1.92. The van der Waals surface area contributed by atoms with Crippen LogP contribution in [0.5, 0.6) is 0 Å². The second-order valence-corrected chi connectivity index (χ2v) is 5.00.